The van der Waals surface area contributed by atoms with Gasteiger partial charge in [0.1, 0.15) is 0 Å². The molecule has 0 aliphatic carbocycles. The van der Waals surface area contributed by atoms with Crippen LogP contribution >= 0.6 is 0 Å². The highest BCUT2D eigenvalue weighted by molar-refractivity contribution is 5.24. The first-order valence-electron chi connectivity index (χ1n) is 7.37. The minimum atomic E-state index is -0.827. The molecule has 20 heavy (non-hydrogen) atoms. The topological polar surface area (TPSA) is 38.0 Å². The van der Waals surface area contributed by atoms with Crippen LogP contribution in [0.1, 0.15) is 50.9 Å². The lowest BCUT2D eigenvalue weighted by Crippen LogP contribution is -2.28. The Morgan fingerprint density at radius 3 is 2.45 bits per heavy atom. The lowest BCUT2D eigenvalue weighted by atomic mass is 9.85. The first-order valence-corrected chi connectivity index (χ1v) is 7.37. The van der Waals surface area contributed by atoms with Crippen molar-refractivity contribution in [2.75, 3.05) is 0 Å². The summed E-state index contributed by atoms with van der Waals surface area (Å²) in [6, 6.07) is 12.3. The molecular weight excluding hydrogens is 248 g/mol. The molecule has 0 bridgehead atoms. The fraction of sp³-hybridized carbons (Fsp3) is 0.471. The van der Waals surface area contributed by atoms with Gasteiger partial charge in [-0.25, -0.2) is 0 Å². The number of hydrogen-bond acceptors (Lipinski definition) is 2. The summed E-state index contributed by atoms with van der Waals surface area (Å²) in [5.41, 5.74) is 1.09. The molecule has 0 aliphatic rings. The van der Waals surface area contributed by atoms with Gasteiger partial charge in [-0.2, -0.15) is 5.10 Å². The first kappa shape index (κ1) is 14.8. The van der Waals surface area contributed by atoms with Crippen molar-refractivity contribution in [1.29, 1.82) is 0 Å². The van der Waals surface area contributed by atoms with Crippen LogP contribution < -0.4 is 0 Å². The zero-order valence-electron chi connectivity index (χ0n) is 12.6. The molecule has 0 radical (unpaired) electrons. The summed E-state index contributed by atoms with van der Waals surface area (Å²) in [4.78, 5) is 0. The van der Waals surface area contributed by atoms with Gasteiger partial charge in [0, 0.05) is 18.7 Å². The van der Waals surface area contributed by atoms with E-state index < -0.39 is 5.60 Å². The van der Waals surface area contributed by atoms with Crippen LogP contribution in [0.4, 0.5) is 0 Å². The molecule has 1 unspecified atom stereocenters. The van der Waals surface area contributed by atoms with E-state index in [-0.39, 0.29) is 0 Å². The monoisotopic (exact) mass is 272 g/mol. The predicted octanol–water partition coefficient (Wildman–Crippen LogP) is 3.69. The van der Waals surface area contributed by atoms with E-state index in [1.807, 2.05) is 47.3 Å². The molecule has 2 aromatic rings. The van der Waals surface area contributed by atoms with Gasteiger partial charge in [-0.15, -0.1) is 0 Å². The fourth-order valence-corrected chi connectivity index (χ4v) is 2.56. The van der Waals surface area contributed by atoms with Crippen LogP contribution in [0, 0.1) is 0 Å². The summed E-state index contributed by atoms with van der Waals surface area (Å²) < 4.78 is 1.94. The molecule has 0 aliphatic heterocycles. The fourth-order valence-electron chi connectivity index (χ4n) is 2.56. The predicted molar refractivity (Wildman–Crippen MR) is 81.6 cm³/mol. The second-order valence-corrected chi connectivity index (χ2v) is 5.71. The molecule has 0 saturated heterocycles. The van der Waals surface area contributed by atoms with Crippen molar-refractivity contribution < 1.29 is 5.11 Å². The summed E-state index contributed by atoms with van der Waals surface area (Å²) in [6.45, 7) is 6.30. The second-order valence-electron chi connectivity index (χ2n) is 5.71. The van der Waals surface area contributed by atoms with Crippen molar-refractivity contribution >= 4 is 0 Å². The van der Waals surface area contributed by atoms with E-state index >= 15 is 0 Å². The van der Waals surface area contributed by atoms with E-state index in [4.69, 9.17) is 0 Å². The van der Waals surface area contributed by atoms with Crippen LogP contribution in [0.15, 0.2) is 42.6 Å². The summed E-state index contributed by atoms with van der Waals surface area (Å²) in [5, 5.41) is 15.6. The van der Waals surface area contributed by atoms with Crippen LogP contribution in [0.2, 0.25) is 0 Å². The normalized spacial score (nSPS) is 14.4. The molecule has 2 rings (SSSR count). The number of rotatable bonds is 6. The van der Waals surface area contributed by atoms with Gasteiger partial charge in [0.25, 0.3) is 0 Å². The van der Waals surface area contributed by atoms with Gasteiger partial charge in [0.15, 0.2) is 0 Å². The maximum absolute atomic E-state index is 11.0. The van der Waals surface area contributed by atoms with Gasteiger partial charge >= 0.3 is 0 Å². The van der Waals surface area contributed by atoms with Gasteiger partial charge in [-0.05, 0) is 31.9 Å². The summed E-state index contributed by atoms with van der Waals surface area (Å²) in [5.74, 6) is 0. The smallest absolute Gasteiger partial charge is 0.0952 e. The van der Waals surface area contributed by atoms with Crippen molar-refractivity contribution in [3.63, 3.8) is 0 Å². The van der Waals surface area contributed by atoms with E-state index in [0.29, 0.717) is 12.5 Å². The molecule has 0 fully saturated rings. The Labute approximate surface area is 121 Å². The minimum Gasteiger partial charge on any atom is -0.385 e. The van der Waals surface area contributed by atoms with Gasteiger partial charge in [0.05, 0.1) is 11.3 Å². The molecule has 0 amide bonds. The molecule has 1 aromatic heterocycles. The third-order valence-corrected chi connectivity index (χ3v) is 3.64. The summed E-state index contributed by atoms with van der Waals surface area (Å²) >= 11 is 0. The Hall–Kier alpha value is -1.61. The standard InChI is InChI=1S/C17H24N2O/c1-4-11-17(20,15-8-6-5-7-9-15)13-16-10-12-19(18-16)14(2)3/h5-10,12,14,20H,4,11,13H2,1-3H3. The van der Waals surface area contributed by atoms with Crippen LogP contribution in [0.5, 0.6) is 0 Å². The lowest BCUT2D eigenvalue weighted by molar-refractivity contribution is 0.0258. The highest BCUT2D eigenvalue weighted by Crippen LogP contribution is 2.30. The van der Waals surface area contributed by atoms with Gasteiger partial charge in [-0.3, -0.25) is 4.68 Å². The van der Waals surface area contributed by atoms with Gasteiger partial charge in [-0.1, -0.05) is 43.7 Å². The molecule has 3 heteroatoms. The van der Waals surface area contributed by atoms with E-state index in [9.17, 15) is 5.11 Å². The van der Waals surface area contributed by atoms with Gasteiger partial charge < -0.3 is 5.11 Å². The van der Waals surface area contributed by atoms with E-state index in [1.165, 1.54) is 0 Å². The zero-order chi connectivity index (χ0) is 14.6. The number of hydrogen-bond donors (Lipinski definition) is 1. The molecule has 108 valence electrons. The largest absolute Gasteiger partial charge is 0.385 e. The van der Waals surface area contributed by atoms with Crippen LogP contribution in [0.25, 0.3) is 0 Å². The van der Waals surface area contributed by atoms with Crippen molar-refractivity contribution in [3.8, 4) is 0 Å². The molecule has 1 N–H and O–H groups in total. The van der Waals surface area contributed by atoms with Crippen molar-refractivity contribution in [3.05, 3.63) is 53.9 Å². The van der Waals surface area contributed by atoms with Crippen molar-refractivity contribution in [1.82, 2.24) is 9.78 Å². The number of nitrogens with zero attached hydrogens (tertiary/aromatic N) is 2. The van der Waals surface area contributed by atoms with E-state index in [2.05, 4.69) is 25.9 Å². The van der Waals surface area contributed by atoms with Crippen molar-refractivity contribution in [2.24, 2.45) is 0 Å². The molecule has 3 nitrogen and oxygen atoms in total. The molecule has 1 heterocycles. The highest BCUT2D eigenvalue weighted by atomic mass is 16.3. The van der Waals surface area contributed by atoms with Crippen LogP contribution in [-0.2, 0) is 12.0 Å². The lowest BCUT2D eigenvalue weighted by Gasteiger charge is -2.27. The number of aromatic nitrogens is 2. The zero-order valence-corrected chi connectivity index (χ0v) is 12.6. The van der Waals surface area contributed by atoms with E-state index in [0.717, 1.165) is 24.1 Å². The molecule has 1 aromatic carbocycles. The van der Waals surface area contributed by atoms with Crippen LogP contribution in [0.3, 0.4) is 0 Å². The Morgan fingerprint density at radius 1 is 1.20 bits per heavy atom. The average molecular weight is 272 g/mol. The van der Waals surface area contributed by atoms with Crippen LogP contribution in [-0.4, -0.2) is 14.9 Å². The molecule has 0 spiro atoms. The first-order chi connectivity index (χ1) is 9.55. The number of benzene rings is 1. The van der Waals surface area contributed by atoms with Gasteiger partial charge in [0.2, 0.25) is 0 Å². The third kappa shape index (κ3) is 3.28. The Balaban J connectivity index is 2.24. The Kier molecular flexibility index (Phi) is 4.61. The summed E-state index contributed by atoms with van der Waals surface area (Å²) in [7, 11) is 0. The Bertz CT molecular complexity index is 533. The summed E-state index contributed by atoms with van der Waals surface area (Å²) in [6.07, 6.45) is 4.23. The highest BCUT2D eigenvalue weighted by Gasteiger charge is 2.29. The van der Waals surface area contributed by atoms with Crippen molar-refractivity contribution in [2.45, 2.75) is 51.7 Å². The number of aliphatic hydroxyl groups is 1. The molecular formula is C17H24N2O. The average Bonchev–Trinajstić information content (AvgIpc) is 2.88. The maximum atomic E-state index is 11.0. The second kappa shape index (κ2) is 6.23. The molecule has 0 saturated carbocycles. The maximum Gasteiger partial charge on any atom is 0.0952 e. The Morgan fingerprint density at radius 2 is 1.90 bits per heavy atom. The SMILES string of the molecule is CCCC(O)(Cc1ccn(C(C)C)n1)c1ccccc1. The third-order valence-electron chi connectivity index (χ3n) is 3.64. The molecule has 1 atom stereocenters. The minimum absolute atomic E-state index is 0.347. The van der Waals surface area contributed by atoms with E-state index in [1.54, 1.807) is 0 Å². The quantitative estimate of drug-likeness (QED) is 0.870.